The standard InChI is InChI=1S/C13H16ClN3O3/c14-10-6-15-17(7-10)8-11(18)16-5-1-3-13(9-16)4-2-12(19)20-13/h6-7H,1-5,8-9H2/t13-/m1/s1. The van der Waals surface area contributed by atoms with E-state index in [2.05, 4.69) is 5.10 Å². The Labute approximate surface area is 121 Å². The van der Waals surface area contributed by atoms with Crippen molar-refractivity contribution in [1.82, 2.24) is 14.7 Å². The van der Waals surface area contributed by atoms with Gasteiger partial charge in [0.05, 0.1) is 17.8 Å². The molecule has 2 fully saturated rings. The van der Waals surface area contributed by atoms with Crippen molar-refractivity contribution in [2.45, 2.75) is 37.8 Å². The fraction of sp³-hybridized carbons (Fsp3) is 0.615. The highest BCUT2D eigenvalue weighted by molar-refractivity contribution is 6.30. The molecule has 0 aromatic carbocycles. The van der Waals surface area contributed by atoms with Gasteiger partial charge >= 0.3 is 5.97 Å². The normalized spacial score (nSPS) is 26.1. The lowest BCUT2D eigenvalue weighted by molar-refractivity contribution is -0.157. The molecule has 7 heteroatoms. The first-order chi connectivity index (χ1) is 9.56. The van der Waals surface area contributed by atoms with Crippen LogP contribution in [-0.4, -0.2) is 45.2 Å². The molecule has 0 bridgehead atoms. The number of nitrogens with zero attached hydrogens (tertiary/aromatic N) is 3. The monoisotopic (exact) mass is 297 g/mol. The molecule has 108 valence electrons. The van der Waals surface area contributed by atoms with E-state index in [1.807, 2.05) is 0 Å². The summed E-state index contributed by atoms with van der Waals surface area (Å²) in [6.07, 6.45) is 6.00. The molecule has 2 aliphatic heterocycles. The smallest absolute Gasteiger partial charge is 0.306 e. The molecule has 1 aromatic heterocycles. The number of halogens is 1. The van der Waals surface area contributed by atoms with Crippen LogP contribution in [0.2, 0.25) is 5.02 Å². The lowest BCUT2D eigenvalue weighted by atomic mass is 9.90. The summed E-state index contributed by atoms with van der Waals surface area (Å²) in [5.41, 5.74) is -0.452. The van der Waals surface area contributed by atoms with Gasteiger partial charge in [-0.25, -0.2) is 0 Å². The molecule has 0 radical (unpaired) electrons. The van der Waals surface area contributed by atoms with Gasteiger partial charge in [0, 0.05) is 19.2 Å². The highest BCUT2D eigenvalue weighted by Gasteiger charge is 2.44. The van der Waals surface area contributed by atoms with Gasteiger partial charge in [-0.1, -0.05) is 11.6 Å². The maximum Gasteiger partial charge on any atom is 0.306 e. The highest BCUT2D eigenvalue weighted by Crippen LogP contribution is 2.35. The van der Waals surface area contributed by atoms with Crippen LogP contribution in [0, 0.1) is 0 Å². The minimum Gasteiger partial charge on any atom is -0.457 e. The number of hydrogen-bond donors (Lipinski definition) is 0. The molecule has 0 unspecified atom stereocenters. The number of ether oxygens (including phenoxy) is 1. The van der Waals surface area contributed by atoms with Crippen LogP contribution in [0.15, 0.2) is 12.4 Å². The summed E-state index contributed by atoms with van der Waals surface area (Å²) in [6.45, 7) is 1.36. The maximum atomic E-state index is 12.3. The van der Waals surface area contributed by atoms with Gasteiger partial charge in [0.15, 0.2) is 0 Å². The number of aromatic nitrogens is 2. The topological polar surface area (TPSA) is 64.4 Å². The van der Waals surface area contributed by atoms with Gasteiger partial charge in [-0.15, -0.1) is 0 Å². The van der Waals surface area contributed by atoms with E-state index in [-0.39, 0.29) is 18.4 Å². The Bertz CT molecular complexity index is 545. The fourth-order valence-corrected chi connectivity index (χ4v) is 3.09. The number of hydrogen-bond acceptors (Lipinski definition) is 4. The molecule has 2 aliphatic rings. The van der Waals surface area contributed by atoms with Gasteiger partial charge in [0.1, 0.15) is 12.1 Å². The summed E-state index contributed by atoms with van der Waals surface area (Å²) in [5, 5.41) is 4.52. The van der Waals surface area contributed by atoms with Crippen molar-refractivity contribution < 1.29 is 14.3 Å². The minimum absolute atomic E-state index is 0.0215. The quantitative estimate of drug-likeness (QED) is 0.770. The van der Waals surface area contributed by atoms with Gasteiger partial charge < -0.3 is 9.64 Å². The van der Waals surface area contributed by atoms with Gasteiger partial charge in [-0.05, 0) is 19.3 Å². The molecule has 1 atom stereocenters. The van der Waals surface area contributed by atoms with E-state index in [1.165, 1.54) is 10.9 Å². The molecule has 1 aromatic rings. The summed E-state index contributed by atoms with van der Waals surface area (Å²) in [4.78, 5) is 25.4. The lowest BCUT2D eigenvalue weighted by Gasteiger charge is -2.39. The molecule has 0 N–H and O–H groups in total. The van der Waals surface area contributed by atoms with Gasteiger partial charge in [-0.2, -0.15) is 5.10 Å². The molecule has 3 heterocycles. The van der Waals surface area contributed by atoms with E-state index < -0.39 is 5.60 Å². The van der Waals surface area contributed by atoms with Crippen LogP contribution in [-0.2, 0) is 20.9 Å². The molecule has 1 spiro atoms. The van der Waals surface area contributed by atoms with Crippen LogP contribution in [0.25, 0.3) is 0 Å². The third-order valence-corrected chi connectivity index (χ3v) is 4.10. The molecule has 2 saturated heterocycles. The first kappa shape index (κ1) is 13.4. The number of amides is 1. The van der Waals surface area contributed by atoms with Crippen molar-refractivity contribution in [1.29, 1.82) is 0 Å². The van der Waals surface area contributed by atoms with E-state index in [9.17, 15) is 9.59 Å². The highest BCUT2D eigenvalue weighted by atomic mass is 35.5. The van der Waals surface area contributed by atoms with Gasteiger partial charge in [-0.3, -0.25) is 14.3 Å². The number of likely N-dealkylation sites (tertiary alicyclic amines) is 1. The van der Waals surface area contributed by atoms with Crippen molar-refractivity contribution in [2.24, 2.45) is 0 Å². The zero-order valence-electron chi connectivity index (χ0n) is 11.0. The fourth-order valence-electron chi connectivity index (χ4n) is 2.94. The number of esters is 1. The summed E-state index contributed by atoms with van der Waals surface area (Å²) in [6, 6.07) is 0. The zero-order valence-corrected chi connectivity index (χ0v) is 11.8. The zero-order chi connectivity index (χ0) is 14.2. The number of carbonyl (C=O) groups excluding carboxylic acids is 2. The van der Waals surface area contributed by atoms with Crippen molar-refractivity contribution >= 4 is 23.5 Å². The molecule has 1 amide bonds. The molecule has 3 rings (SSSR count). The summed E-state index contributed by atoms with van der Waals surface area (Å²) < 4.78 is 6.97. The van der Waals surface area contributed by atoms with E-state index in [0.29, 0.717) is 31.0 Å². The second-order valence-electron chi connectivity index (χ2n) is 5.43. The first-order valence-corrected chi connectivity index (χ1v) is 7.12. The van der Waals surface area contributed by atoms with Crippen LogP contribution >= 0.6 is 11.6 Å². The average Bonchev–Trinajstić information content (AvgIpc) is 2.97. The predicted octanol–water partition coefficient (Wildman–Crippen LogP) is 1.23. The SMILES string of the molecule is O=C1CC[C@@]2(CCCN(C(=O)Cn3cc(Cl)cn3)C2)O1. The van der Waals surface area contributed by atoms with Crippen molar-refractivity contribution in [3.8, 4) is 0 Å². The van der Waals surface area contributed by atoms with Gasteiger partial charge in [0.2, 0.25) is 5.91 Å². The van der Waals surface area contributed by atoms with Crippen LogP contribution in [0.1, 0.15) is 25.7 Å². The van der Waals surface area contributed by atoms with Crippen LogP contribution < -0.4 is 0 Å². The molecule has 0 saturated carbocycles. The molecule has 20 heavy (non-hydrogen) atoms. The third-order valence-electron chi connectivity index (χ3n) is 3.91. The first-order valence-electron chi connectivity index (χ1n) is 6.74. The second-order valence-corrected chi connectivity index (χ2v) is 5.87. The number of piperidine rings is 1. The predicted molar refractivity (Wildman–Crippen MR) is 71.1 cm³/mol. The van der Waals surface area contributed by atoms with Crippen LogP contribution in [0.4, 0.5) is 0 Å². The molecular weight excluding hydrogens is 282 g/mol. The Morgan fingerprint density at radius 1 is 1.50 bits per heavy atom. The van der Waals surface area contributed by atoms with Crippen molar-refractivity contribution in [3.63, 3.8) is 0 Å². The van der Waals surface area contributed by atoms with Gasteiger partial charge in [0.25, 0.3) is 0 Å². The van der Waals surface area contributed by atoms with E-state index in [0.717, 1.165) is 12.8 Å². The molecule has 0 aliphatic carbocycles. The average molecular weight is 298 g/mol. The Hall–Kier alpha value is -1.56. The third kappa shape index (κ3) is 2.65. The van der Waals surface area contributed by atoms with E-state index in [1.54, 1.807) is 11.1 Å². The Kier molecular flexibility index (Phi) is 3.41. The Balaban J connectivity index is 1.64. The van der Waals surface area contributed by atoms with Crippen molar-refractivity contribution in [2.75, 3.05) is 13.1 Å². The summed E-state index contributed by atoms with van der Waals surface area (Å²) in [5.74, 6) is -0.176. The largest absolute Gasteiger partial charge is 0.457 e. The second kappa shape index (κ2) is 5.09. The lowest BCUT2D eigenvalue weighted by Crippen LogP contribution is -2.51. The number of carbonyl (C=O) groups is 2. The Morgan fingerprint density at radius 2 is 2.35 bits per heavy atom. The summed E-state index contributed by atoms with van der Waals surface area (Å²) >= 11 is 5.78. The van der Waals surface area contributed by atoms with E-state index in [4.69, 9.17) is 16.3 Å². The molecular formula is C13H16ClN3O3. The van der Waals surface area contributed by atoms with Crippen molar-refractivity contribution in [3.05, 3.63) is 17.4 Å². The minimum atomic E-state index is -0.452. The van der Waals surface area contributed by atoms with Crippen LogP contribution in [0.5, 0.6) is 0 Å². The van der Waals surface area contributed by atoms with E-state index >= 15 is 0 Å². The molecule has 6 nitrogen and oxygen atoms in total. The Morgan fingerprint density at radius 3 is 3.00 bits per heavy atom. The maximum absolute atomic E-state index is 12.3. The number of rotatable bonds is 2. The van der Waals surface area contributed by atoms with Crippen LogP contribution in [0.3, 0.4) is 0 Å². The summed E-state index contributed by atoms with van der Waals surface area (Å²) in [7, 11) is 0.